The summed E-state index contributed by atoms with van der Waals surface area (Å²) in [6.45, 7) is 9.88. The number of hydrogen-bond donors (Lipinski definition) is 1. The van der Waals surface area contributed by atoms with Crippen molar-refractivity contribution in [1.82, 2.24) is 0 Å². The van der Waals surface area contributed by atoms with Gasteiger partial charge in [-0.3, -0.25) is 4.70 Å². The first-order valence-electron chi connectivity index (χ1n) is 5.73. The summed E-state index contributed by atoms with van der Waals surface area (Å²) in [4.78, 5) is 0. The van der Waals surface area contributed by atoms with E-state index in [0.29, 0.717) is 6.42 Å². The van der Waals surface area contributed by atoms with Gasteiger partial charge in [0.25, 0.3) is 0 Å². The summed E-state index contributed by atoms with van der Waals surface area (Å²) >= 11 is 0. The average molecular weight is 226 g/mol. The van der Waals surface area contributed by atoms with Crippen molar-refractivity contribution in [2.45, 2.75) is 66.5 Å². The summed E-state index contributed by atoms with van der Waals surface area (Å²) in [5, 5.41) is 8.93. The molecule has 0 aliphatic carbocycles. The van der Waals surface area contributed by atoms with Crippen molar-refractivity contribution >= 4 is 0 Å². The van der Waals surface area contributed by atoms with Gasteiger partial charge < -0.3 is 5.11 Å². The summed E-state index contributed by atoms with van der Waals surface area (Å²) in [5.74, 6) is 0. The second-order valence-corrected chi connectivity index (χ2v) is 4.35. The van der Waals surface area contributed by atoms with Crippen LogP contribution in [0.5, 0.6) is 0 Å². The van der Waals surface area contributed by atoms with E-state index < -0.39 is 6.17 Å². The molecule has 96 valence electrons. The Hall–Kier alpha value is -0.180. The van der Waals surface area contributed by atoms with Crippen LogP contribution in [0.15, 0.2) is 0 Å². The average Bonchev–Trinajstić information content (AvgIpc) is 2.16. The van der Waals surface area contributed by atoms with Gasteiger partial charge in [0.15, 0.2) is 0 Å². The topological polar surface area (TPSA) is 20.2 Å². The molecule has 1 unspecified atom stereocenters. The molecule has 0 saturated heterocycles. The summed E-state index contributed by atoms with van der Waals surface area (Å²) in [5.41, 5.74) is 0.0134. The SMILES string of the molecule is CC.CC(F)CCCCC(C)(C)CO.F. The van der Waals surface area contributed by atoms with Gasteiger partial charge in [0.2, 0.25) is 0 Å². The molecule has 1 atom stereocenters. The van der Waals surface area contributed by atoms with Crippen LogP contribution in [0.3, 0.4) is 0 Å². The minimum atomic E-state index is -0.678. The highest BCUT2D eigenvalue weighted by Gasteiger charge is 2.15. The third-order valence-corrected chi connectivity index (χ3v) is 2.13. The number of hydrogen-bond acceptors (Lipinski definition) is 1. The van der Waals surface area contributed by atoms with Crippen molar-refractivity contribution in [2.75, 3.05) is 6.61 Å². The van der Waals surface area contributed by atoms with E-state index in [4.69, 9.17) is 5.11 Å². The maximum Gasteiger partial charge on any atom is 0.0973 e. The Labute approximate surface area is 93.4 Å². The van der Waals surface area contributed by atoms with E-state index in [1.807, 2.05) is 27.7 Å². The summed E-state index contributed by atoms with van der Waals surface area (Å²) in [7, 11) is 0. The molecule has 0 saturated carbocycles. The molecular weight excluding hydrogens is 198 g/mol. The molecule has 0 rings (SSSR count). The quantitative estimate of drug-likeness (QED) is 0.676. The number of halogens is 2. The molecule has 1 N–H and O–H groups in total. The molecule has 0 heterocycles. The molecule has 0 amide bonds. The van der Waals surface area contributed by atoms with Crippen LogP contribution in [-0.4, -0.2) is 17.9 Å². The highest BCUT2D eigenvalue weighted by Crippen LogP contribution is 2.22. The van der Waals surface area contributed by atoms with Crippen LogP contribution in [0.4, 0.5) is 9.09 Å². The lowest BCUT2D eigenvalue weighted by Crippen LogP contribution is -2.16. The zero-order valence-electron chi connectivity index (χ0n) is 10.8. The molecule has 0 aromatic heterocycles. The summed E-state index contributed by atoms with van der Waals surface area (Å²) in [6.07, 6.45) is 2.91. The normalized spacial score (nSPS) is 12.2. The number of rotatable bonds is 6. The second kappa shape index (κ2) is 11.9. The molecule has 0 aliphatic rings. The lowest BCUT2D eigenvalue weighted by molar-refractivity contribution is 0.146. The molecule has 3 heteroatoms. The lowest BCUT2D eigenvalue weighted by atomic mass is 9.88. The Kier molecular flexibility index (Phi) is 16.1. The predicted octanol–water partition coefficient (Wildman–Crippen LogP) is 4.10. The predicted molar refractivity (Wildman–Crippen MR) is 63.8 cm³/mol. The van der Waals surface area contributed by atoms with Gasteiger partial charge in [-0.25, -0.2) is 4.39 Å². The Balaban J connectivity index is -0.000000449. The number of alkyl halides is 1. The monoisotopic (exact) mass is 226 g/mol. The van der Waals surface area contributed by atoms with E-state index >= 15 is 0 Å². The number of aliphatic hydroxyl groups excluding tert-OH is 1. The van der Waals surface area contributed by atoms with Gasteiger partial charge in [-0.05, 0) is 25.2 Å². The van der Waals surface area contributed by atoms with Crippen LogP contribution in [-0.2, 0) is 0 Å². The zero-order chi connectivity index (χ0) is 11.6. The Bertz CT molecular complexity index is 114. The first-order valence-corrected chi connectivity index (χ1v) is 5.73. The molecule has 0 spiro atoms. The number of aliphatic hydroxyl groups is 1. The summed E-state index contributed by atoms with van der Waals surface area (Å²) < 4.78 is 12.4. The fourth-order valence-electron chi connectivity index (χ4n) is 1.11. The fraction of sp³-hybridized carbons (Fsp3) is 1.00. The van der Waals surface area contributed by atoms with Crippen molar-refractivity contribution in [3.8, 4) is 0 Å². The molecule has 0 aromatic rings. The van der Waals surface area contributed by atoms with Crippen molar-refractivity contribution in [2.24, 2.45) is 5.41 Å². The van der Waals surface area contributed by atoms with Gasteiger partial charge in [0, 0.05) is 6.61 Å². The first-order chi connectivity index (χ1) is 6.48. The van der Waals surface area contributed by atoms with Crippen molar-refractivity contribution in [3.63, 3.8) is 0 Å². The smallest absolute Gasteiger partial charge is 0.0973 e. The Morgan fingerprint density at radius 2 is 1.67 bits per heavy atom. The number of unbranched alkanes of at least 4 members (excludes halogenated alkanes) is 1. The first kappa shape index (κ1) is 20.3. The van der Waals surface area contributed by atoms with Gasteiger partial charge in [-0.1, -0.05) is 40.5 Å². The minimum absolute atomic E-state index is 0. The van der Waals surface area contributed by atoms with E-state index in [0.717, 1.165) is 19.3 Å². The largest absolute Gasteiger partial charge is 0.396 e. The molecule has 0 aromatic carbocycles. The van der Waals surface area contributed by atoms with E-state index in [-0.39, 0.29) is 16.7 Å². The second-order valence-electron chi connectivity index (χ2n) is 4.35. The van der Waals surface area contributed by atoms with E-state index in [1.165, 1.54) is 0 Å². The van der Waals surface area contributed by atoms with Crippen LogP contribution >= 0.6 is 0 Å². The van der Waals surface area contributed by atoms with Crippen molar-refractivity contribution < 1.29 is 14.2 Å². The van der Waals surface area contributed by atoms with Gasteiger partial charge in [-0.15, -0.1) is 0 Å². The molecule has 1 nitrogen and oxygen atoms in total. The lowest BCUT2D eigenvalue weighted by Gasteiger charge is -2.21. The van der Waals surface area contributed by atoms with Gasteiger partial charge in [0.1, 0.15) is 0 Å². The third-order valence-electron chi connectivity index (χ3n) is 2.13. The zero-order valence-corrected chi connectivity index (χ0v) is 10.8. The molecular formula is C12H28F2O. The van der Waals surface area contributed by atoms with Crippen LogP contribution in [0.1, 0.15) is 60.3 Å². The Morgan fingerprint density at radius 3 is 2.00 bits per heavy atom. The van der Waals surface area contributed by atoms with Crippen molar-refractivity contribution in [1.29, 1.82) is 0 Å². The van der Waals surface area contributed by atoms with Crippen LogP contribution in [0.25, 0.3) is 0 Å². The maximum atomic E-state index is 12.4. The van der Waals surface area contributed by atoms with Gasteiger partial charge >= 0.3 is 0 Å². The van der Waals surface area contributed by atoms with Gasteiger partial charge in [0.05, 0.1) is 6.17 Å². The van der Waals surface area contributed by atoms with E-state index in [2.05, 4.69) is 0 Å². The molecule has 15 heavy (non-hydrogen) atoms. The molecule has 0 radical (unpaired) electrons. The fourth-order valence-corrected chi connectivity index (χ4v) is 1.11. The third kappa shape index (κ3) is 16.5. The minimum Gasteiger partial charge on any atom is -0.396 e. The van der Waals surface area contributed by atoms with Crippen LogP contribution in [0.2, 0.25) is 0 Å². The maximum absolute atomic E-state index is 12.4. The van der Waals surface area contributed by atoms with Gasteiger partial charge in [-0.2, -0.15) is 0 Å². The van der Waals surface area contributed by atoms with Crippen LogP contribution in [0, 0.1) is 5.41 Å². The molecule has 0 fully saturated rings. The van der Waals surface area contributed by atoms with Crippen molar-refractivity contribution in [3.05, 3.63) is 0 Å². The highest BCUT2D eigenvalue weighted by atomic mass is 19.1. The molecule has 0 aliphatic heterocycles. The summed E-state index contributed by atoms with van der Waals surface area (Å²) in [6, 6.07) is 0. The molecule has 0 bridgehead atoms. The van der Waals surface area contributed by atoms with Crippen LogP contribution < -0.4 is 0 Å². The Morgan fingerprint density at radius 1 is 1.20 bits per heavy atom. The van der Waals surface area contributed by atoms with E-state index in [1.54, 1.807) is 6.92 Å². The standard InChI is InChI=1S/C10H21FO.C2H6.FH/c1-9(11)6-4-5-7-10(2,3)8-12;1-2;/h9,12H,4-8H2,1-3H3;1-2H3;1H. The van der Waals surface area contributed by atoms with E-state index in [9.17, 15) is 4.39 Å². The highest BCUT2D eigenvalue weighted by molar-refractivity contribution is 4.66.